The molecule has 0 aromatic carbocycles. The predicted octanol–water partition coefficient (Wildman–Crippen LogP) is 5.38. The Morgan fingerprint density at radius 2 is 2.32 bits per heavy atom. The number of allylic oxidation sites excluding steroid dienone is 10. The van der Waals surface area contributed by atoms with Gasteiger partial charge >= 0.3 is 0 Å². The smallest absolute Gasteiger partial charge is 0.0956 e. The van der Waals surface area contributed by atoms with Crippen molar-refractivity contribution in [3.63, 3.8) is 0 Å². The van der Waals surface area contributed by atoms with E-state index in [-0.39, 0.29) is 5.92 Å². The third kappa shape index (κ3) is 3.52. The topological polar surface area (TPSA) is 9.23 Å². The maximum atomic E-state index is 6.44. The van der Waals surface area contributed by atoms with Gasteiger partial charge in [-0.05, 0) is 34.5 Å². The van der Waals surface area contributed by atoms with Crippen LogP contribution >= 0.6 is 27.5 Å². The van der Waals surface area contributed by atoms with Gasteiger partial charge in [0.25, 0.3) is 0 Å². The lowest BCUT2D eigenvalue weighted by Gasteiger charge is -2.20. The molecular weight excluding hydrogens is 324 g/mol. The number of hydrogen-bond acceptors (Lipinski definition) is 1. The Bertz CT molecular complexity index is 535. The van der Waals surface area contributed by atoms with E-state index in [0.29, 0.717) is 0 Å². The normalized spacial score (nSPS) is 22.8. The molecule has 0 aromatic rings. The summed E-state index contributed by atoms with van der Waals surface area (Å²) in [5, 5.41) is 0.851. The van der Waals surface area contributed by atoms with Crippen LogP contribution in [-0.2, 0) is 4.74 Å². The summed E-state index contributed by atoms with van der Waals surface area (Å²) in [6, 6.07) is 0. The molecule has 0 saturated carbocycles. The highest BCUT2D eigenvalue weighted by atomic mass is 79.9. The molecule has 1 unspecified atom stereocenters. The van der Waals surface area contributed by atoms with Crippen LogP contribution in [0.3, 0.4) is 0 Å². The zero-order valence-electron chi connectivity index (χ0n) is 10.8. The predicted molar refractivity (Wildman–Crippen MR) is 85.1 cm³/mol. The molecule has 19 heavy (non-hydrogen) atoms. The van der Waals surface area contributed by atoms with E-state index in [1.165, 1.54) is 0 Å². The third-order valence-corrected chi connectivity index (χ3v) is 4.12. The van der Waals surface area contributed by atoms with Crippen LogP contribution in [0.5, 0.6) is 0 Å². The molecule has 0 aromatic heterocycles. The summed E-state index contributed by atoms with van der Waals surface area (Å²) >= 11 is 9.99. The van der Waals surface area contributed by atoms with Crippen LogP contribution in [0.2, 0.25) is 0 Å². The lowest BCUT2D eigenvalue weighted by Crippen LogP contribution is -2.07. The Kier molecular flexibility index (Phi) is 4.89. The van der Waals surface area contributed by atoms with Crippen molar-refractivity contribution in [2.75, 3.05) is 7.11 Å². The third-order valence-electron chi connectivity index (χ3n) is 3.21. The molecule has 0 aliphatic heterocycles. The lowest BCUT2D eigenvalue weighted by molar-refractivity contribution is 0.258. The first-order chi connectivity index (χ1) is 9.11. The van der Waals surface area contributed by atoms with Gasteiger partial charge in [0.05, 0.1) is 12.9 Å². The Labute approximate surface area is 127 Å². The highest BCUT2D eigenvalue weighted by molar-refractivity contribution is 9.11. The lowest BCUT2D eigenvalue weighted by atomic mass is 9.91. The summed E-state index contributed by atoms with van der Waals surface area (Å²) in [6.07, 6.45) is 14.2. The zero-order valence-corrected chi connectivity index (χ0v) is 13.2. The van der Waals surface area contributed by atoms with Crippen LogP contribution in [0.4, 0.5) is 0 Å². The van der Waals surface area contributed by atoms with E-state index in [1.54, 1.807) is 7.11 Å². The monoisotopic (exact) mass is 338 g/mol. The van der Waals surface area contributed by atoms with E-state index in [1.807, 2.05) is 0 Å². The molecule has 0 amide bonds. The largest absolute Gasteiger partial charge is 0.501 e. The molecule has 0 spiro atoms. The number of ether oxygens (including phenoxy) is 1. The van der Waals surface area contributed by atoms with Gasteiger partial charge in [-0.1, -0.05) is 64.5 Å². The first-order valence-electron chi connectivity index (χ1n) is 6.14. The minimum atomic E-state index is 0.163. The van der Waals surface area contributed by atoms with Crippen molar-refractivity contribution in [1.29, 1.82) is 0 Å². The maximum Gasteiger partial charge on any atom is 0.0956 e. The van der Waals surface area contributed by atoms with Crippen molar-refractivity contribution >= 4 is 27.5 Å². The molecule has 0 fully saturated rings. The van der Waals surface area contributed by atoms with Crippen LogP contribution in [-0.4, -0.2) is 7.11 Å². The molecule has 0 radical (unpaired) electrons. The van der Waals surface area contributed by atoms with Gasteiger partial charge in [-0.3, -0.25) is 0 Å². The van der Waals surface area contributed by atoms with Gasteiger partial charge in [0.2, 0.25) is 0 Å². The van der Waals surface area contributed by atoms with Gasteiger partial charge in [0.1, 0.15) is 0 Å². The van der Waals surface area contributed by atoms with Crippen LogP contribution in [0.25, 0.3) is 0 Å². The van der Waals surface area contributed by atoms with Crippen molar-refractivity contribution in [2.24, 2.45) is 5.92 Å². The molecule has 0 bridgehead atoms. The molecule has 1 nitrogen and oxygen atoms in total. The van der Waals surface area contributed by atoms with Gasteiger partial charge in [0, 0.05) is 11.0 Å². The average molecular weight is 340 g/mol. The first kappa shape index (κ1) is 14.4. The molecule has 0 saturated heterocycles. The highest BCUT2D eigenvalue weighted by Crippen LogP contribution is 2.35. The number of halogens is 2. The fourth-order valence-corrected chi connectivity index (χ4v) is 2.87. The average Bonchev–Trinajstić information content (AvgIpc) is 2.62. The van der Waals surface area contributed by atoms with Crippen LogP contribution in [0.1, 0.15) is 12.8 Å². The highest BCUT2D eigenvalue weighted by Gasteiger charge is 2.19. The molecule has 2 rings (SSSR count). The maximum absolute atomic E-state index is 6.44. The molecule has 2 aliphatic carbocycles. The number of rotatable bonds is 3. The summed E-state index contributed by atoms with van der Waals surface area (Å²) in [5.41, 5.74) is 2.20. The van der Waals surface area contributed by atoms with E-state index in [0.717, 1.165) is 39.3 Å². The first-order valence-corrected chi connectivity index (χ1v) is 7.32. The summed E-state index contributed by atoms with van der Waals surface area (Å²) in [6.45, 7) is 3.90. The summed E-state index contributed by atoms with van der Waals surface area (Å²) in [7, 11) is 1.64. The van der Waals surface area contributed by atoms with Crippen molar-refractivity contribution < 1.29 is 4.74 Å². The second-order valence-electron chi connectivity index (χ2n) is 4.50. The van der Waals surface area contributed by atoms with E-state index in [2.05, 4.69) is 59.0 Å². The van der Waals surface area contributed by atoms with Gasteiger partial charge in [-0.15, -0.1) is 0 Å². The van der Waals surface area contributed by atoms with Crippen molar-refractivity contribution in [3.8, 4) is 0 Å². The Morgan fingerprint density at radius 1 is 1.53 bits per heavy atom. The molecule has 3 heteroatoms. The molecule has 0 N–H and O–H groups in total. The molecular formula is C16H16BrClO. The van der Waals surface area contributed by atoms with Crippen LogP contribution in [0.15, 0.2) is 69.5 Å². The van der Waals surface area contributed by atoms with E-state index in [9.17, 15) is 0 Å². The van der Waals surface area contributed by atoms with Crippen LogP contribution < -0.4 is 0 Å². The van der Waals surface area contributed by atoms with E-state index in [4.69, 9.17) is 16.3 Å². The number of methoxy groups -OCH3 is 1. The SMILES string of the molecule is C=C(OC)C1C=CC(C2=CC=CCC(Br)=C2)=C(Cl)C1. The van der Waals surface area contributed by atoms with Gasteiger partial charge in [-0.2, -0.15) is 0 Å². The summed E-state index contributed by atoms with van der Waals surface area (Å²) < 4.78 is 6.34. The second kappa shape index (κ2) is 6.44. The van der Waals surface area contributed by atoms with Crippen LogP contribution in [0, 0.1) is 5.92 Å². The van der Waals surface area contributed by atoms with E-state index < -0.39 is 0 Å². The zero-order chi connectivity index (χ0) is 13.8. The molecule has 2 aliphatic rings. The fourth-order valence-electron chi connectivity index (χ4n) is 2.09. The van der Waals surface area contributed by atoms with Gasteiger partial charge in [0.15, 0.2) is 0 Å². The Balaban J connectivity index is 2.25. The van der Waals surface area contributed by atoms with Crippen molar-refractivity contribution in [2.45, 2.75) is 12.8 Å². The quantitative estimate of drug-likeness (QED) is 0.627. The number of hydrogen-bond donors (Lipinski definition) is 0. The van der Waals surface area contributed by atoms with Crippen molar-refractivity contribution in [3.05, 3.63) is 69.5 Å². The van der Waals surface area contributed by atoms with E-state index >= 15 is 0 Å². The Morgan fingerprint density at radius 3 is 3.00 bits per heavy atom. The summed E-state index contributed by atoms with van der Waals surface area (Å²) in [4.78, 5) is 0. The summed E-state index contributed by atoms with van der Waals surface area (Å²) in [5.74, 6) is 0.913. The molecule has 0 heterocycles. The molecule has 1 atom stereocenters. The van der Waals surface area contributed by atoms with Crippen molar-refractivity contribution in [1.82, 2.24) is 0 Å². The minimum Gasteiger partial charge on any atom is -0.501 e. The fraction of sp³-hybridized carbons (Fsp3) is 0.250. The van der Waals surface area contributed by atoms with Gasteiger partial charge < -0.3 is 4.74 Å². The standard InChI is InChI=1S/C16H16BrClO/c1-11(19-2)12-7-8-15(16(18)10-12)13-5-3-4-6-14(17)9-13/h3-5,7-9,12H,1,6,10H2,2H3. The second-order valence-corrected chi connectivity index (χ2v) is 5.98. The minimum absolute atomic E-state index is 0.163. The van der Waals surface area contributed by atoms with Gasteiger partial charge in [-0.25, -0.2) is 0 Å². The molecule has 100 valence electrons. The Hall–Kier alpha value is -0.990.